The Balaban J connectivity index is 1.69. The lowest BCUT2D eigenvalue weighted by Crippen LogP contribution is -2.08. The van der Waals surface area contributed by atoms with Gasteiger partial charge >= 0.3 is 5.97 Å². The number of ether oxygens (including phenoxy) is 1. The van der Waals surface area contributed by atoms with Crippen LogP contribution in [0.2, 0.25) is 0 Å². The quantitative estimate of drug-likeness (QED) is 0.318. The van der Waals surface area contributed by atoms with E-state index in [1.165, 1.54) is 18.2 Å². The van der Waals surface area contributed by atoms with Crippen molar-refractivity contribution in [2.45, 2.75) is 26.7 Å². The van der Waals surface area contributed by atoms with Gasteiger partial charge in [-0.2, -0.15) is 0 Å². The number of aryl methyl sites for hydroxylation is 1. The van der Waals surface area contributed by atoms with Crippen LogP contribution >= 0.6 is 0 Å². The van der Waals surface area contributed by atoms with Crippen LogP contribution in [0.25, 0.3) is 0 Å². The highest BCUT2D eigenvalue weighted by Crippen LogP contribution is 2.18. The number of carbonyl (C=O) groups excluding carboxylic acids is 1. The van der Waals surface area contributed by atoms with Crippen LogP contribution in [0.4, 0.5) is 4.39 Å². The average molecular weight is 396 g/mol. The normalized spacial score (nSPS) is 9.70. The number of rotatable bonds is 4. The first-order valence-electron chi connectivity index (χ1n) is 9.74. The lowest BCUT2D eigenvalue weighted by Gasteiger charge is -2.06. The van der Waals surface area contributed by atoms with E-state index in [0.29, 0.717) is 5.56 Å². The molecule has 0 fully saturated rings. The zero-order valence-corrected chi connectivity index (χ0v) is 17.0. The molecule has 0 aliphatic heterocycles. The van der Waals surface area contributed by atoms with Crippen molar-refractivity contribution in [3.8, 4) is 29.4 Å². The van der Waals surface area contributed by atoms with Gasteiger partial charge in [0.2, 0.25) is 0 Å². The third-order valence-electron chi connectivity index (χ3n) is 4.38. The van der Waals surface area contributed by atoms with Gasteiger partial charge in [0.05, 0.1) is 11.1 Å². The lowest BCUT2D eigenvalue weighted by atomic mass is 10.1. The Morgan fingerprint density at radius 2 is 1.57 bits per heavy atom. The van der Waals surface area contributed by atoms with Crippen molar-refractivity contribution in [3.05, 3.63) is 100 Å². The summed E-state index contributed by atoms with van der Waals surface area (Å²) in [6, 6.07) is 18.9. The second-order valence-electron chi connectivity index (χ2n) is 6.68. The molecule has 3 heteroatoms. The second-order valence-corrected chi connectivity index (χ2v) is 6.68. The minimum Gasteiger partial charge on any atom is -0.423 e. The van der Waals surface area contributed by atoms with Crippen LogP contribution in [0.1, 0.15) is 52.9 Å². The van der Waals surface area contributed by atoms with Crippen molar-refractivity contribution >= 4 is 5.97 Å². The molecule has 0 bridgehead atoms. The summed E-state index contributed by atoms with van der Waals surface area (Å²) >= 11 is 0. The van der Waals surface area contributed by atoms with Crippen LogP contribution in [-0.4, -0.2) is 5.97 Å². The second kappa shape index (κ2) is 10.1. The largest absolute Gasteiger partial charge is 0.423 e. The molecule has 0 amide bonds. The Hall–Kier alpha value is -3.82. The SMILES string of the molecule is CC#Cc1ccc(C#Cc2ccc(OC(=O)c3ccc(CCC)cc3)cc2F)cc1. The van der Waals surface area contributed by atoms with E-state index in [9.17, 15) is 9.18 Å². The molecule has 3 rings (SSSR count). The maximum atomic E-state index is 14.4. The summed E-state index contributed by atoms with van der Waals surface area (Å²) in [4.78, 5) is 12.3. The molecular formula is C27H21FO2. The van der Waals surface area contributed by atoms with E-state index in [-0.39, 0.29) is 11.3 Å². The van der Waals surface area contributed by atoms with Gasteiger partial charge in [0.1, 0.15) is 11.6 Å². The third-order valence-corrected chi connectivity index (χ3v) is 4.38. The maximum Gasteiger partial charge on any atom is 0.343 e. The van der Waals surface area contributed by atoms with Gasteiger partial charge in [0.15, 0.2) is 0 Å². The zero-order valence-electron chi connectivity index (χ0n) is 17.0. The molecule has 0 aliphatic rings. The summed E-state index contributed by atoms with van der Waals surface area (Å²) < 4.78 is 19.7. The molecule has 3 aromatic rings. The van der Waals surface area contributed by atoms with Crippen molar-refractivity contribution in [1.82, 2.24) is 0 Å². The van der Waals surface area contributed by atoms with Crippen molar-refractivity contribution in [2.75, 3.05) is 0 Å². The van der Waals surface area contributed by atoms with E-state index in [1.807, 2.05) is 36.4 Å². The van der Waals surface area contributed by atoms with Crippen molar-refractivity contribution < 1.29 is 13.9 Å². The highest BCUT2D eigenvalue weighted by molar-refractivity contribution is 5.91. The summed E-state index contributed by atoms with van der Waals surface area (Å²) in [6.45, 7) is 3.88. The van der Waals surface area contributed by atoms with Crippen molar-refractivity contribution in [2.24, 2.45) is 0 Å². The topological polar surface area (TPSA) is 26.3 Å². The molecule has 0 N–H and O–H groups in total. The molecule has 0 saturated heterocycles. The highest BCUT2D eigenvalue weighted by atomic mass is 19.1. The van der Waals surface area contributed by atoms with Crippen LogP contribution < -0.4 is 4.74 Å². The molecule has 0 radical (unpaired) electrons. The first-order chi connectivity index (χ1) is 14.6. The predicted molar refractivity (Wildman–Crippen MR) is 117 cm³/mol. The minimum absolute atomic E-state index is 0.142. The predicted octanol–water partition coefficient (Wildman–Crippen LogP) is 5.77. The first kappa shape index (κ1) is 20.9. The Labute approximate surface area is 176 Å². The first-order valence-corrected chi connectivity index (χ1v) is 9.74. The van der Waals surface area contributed by atoms with Gasteiger partial charge in [-0.15, -0.1) is 5.92 Å². The van der Waals surface area contributed by atoms with E-state index in [2.05, 4.69) is 30.6 Å². The number of esters is 1. The summed E-state index contributed by atoms with van der Waals surface area (Å²) in [6.07, 6.45) is 2.00. The standard InChI is InChI=1S/C27H21FO2/c1-3-5-20-7-9-22(10-8-20)11-14-23-17-18-25(19-26(23)28)30-27(29)24-15-12-21(6-4-2)13-16-24/h7-10,12-13,15-19H,4,6H2,1-2H3. The molecule has 3 aromatic carbocycles. The molecule has 2 nitrogen and oxygen atoms in total. The summed E-state index contributed by atoms with van der Waals surface area (Å²) in [7, 11) is 0. The number of halogens is 1. The van der Waals surface area contributed by atoms with E-state index in [1.54, 1.807) is 19.1 Å². The number of hydrogen-bond donors (Lipinski definition) is 0. The van der Waals surface area contributed by atoms with Gasteiger partial charge in [-0.25, -0.2) is 9.18 Å². The van der Waals surface area contributed by atoms with Gasteiger partial charge in [-0.3, -0.25) is 0 Å². The molecule has 0 aliphatic carbocycles. The van der Waals surface area contributed by atoms with E-state index >= 15 is 0 Å². The van der Waals surface area contributed by atoms with Crippen LogP contribution in [0.15, 0.2) is 66.7 Å². The lowest BCUT2D eigenvalue weighted by molar-refractivity contribution is 0.0734. The molecular weight excluding hydrogens is 375 g/mol. The summed E-state index contributed by atoms with van der Waals surface area (Å²) in [5.41, 5.74) is 3.49. The van der Waals surface area contributed by atoms with E-state index in [4.69, 9.17) is 4.74 Å². The fourth-order valence-corrected chi connectivity index (χ4v) is 2.84. The fraction of sp³-hybridized carbons (Fsp3) is 0.148. The molecule has 0 unspecified atom stereocenters. The Morgan fingerprint density at radius 3 is 2.17 bits per heavy atom. The zero-order chi connectivity index (χ0) is 21.3. The van der Waals surface area contributed by atoms with Crippen LogP contribution in [0.3, 0.4) is 0 Å². The van der Waals surface area contributed by atoms with Crippen LogP contribution in [-0.2, 0) is 6.42 Å². The van der Waals surface area contributed by atoms with Gasteiger partial charge in [0.25, 0.3) is 0 Å². The molecule has 0 saturated carbocycles. The smallest absolute Gasteiger partial charge is 0.343 e. The third kappa shape index (κ3) is 5.60. The minimum atomic E-state index is -0.542. The van der Waals surface area contributed by atoms with Crippen LogP contribution in [0.5, 0.6) is 5.75 Å². The number of carbonyl (C=O) groups is 1. The molecule has 0 heterocycles. The Kier molecular flexibility index (Phi) is 7.04. The summed E-state index contributed by atoms with van der Waals surface area (Å²) in [5.74, 6) is 10.6. The Bertz CT molecular complexity index is 1150. The molecule has 30 heavy (non-hydrogen) atoms. The molecule has 0 aromatic heterocycles. The Morgan fingerprint density at radius 1 is 0.900 bits per heavy atom. The van der Waals surface area contributed by atoms with Crippen LogP contribution in [0, 0.1) is 29.5 Å². The van der Waals surface area contributed by atoms with Gasteiger partial charge in [-0.1, -0.05) is 43.2 Å². The summed E-state index contributed by atoms with van der Waals surface area (Å²) in [5, 5.41) is 0. The van der Waals surface area contributed by atoms with E-state index < -0.39 is 11.8 Å². The number of hydrogen-bond acceptors (Lipinski definition) is 2. The number of benzene rings is 3. The highest BCUT2D eigenvalue weighted by Gasteiger charge is 2.10. The van der Waals surface area contributed by atoms with Crippen molar-refractivity contribution in [3.63, 3.8) is 0 Å². The van der Waals surface area contributed by atoms with Gasteiger partial charge < -0.3 is 4.74 Å². The van der Waals surface area contributed by atoms with E-state index in [0.717, 1.165) is 29.5 Å². The molecule has 0 atom stereocenters. The monoisotopic (exact) mass is 396 g/mol. The van der Waals surface area contributed by atoms with Gasteiger partial charge in [0, 0.05) is 17.2 Å². The van der Waals surface area contributed by atoms with Gasteiger partial charge in [-0.05, 0) is 67.4 Å². The molecule has 0 spiro atoms. The maximum absolute atomic E-state index is 14.4. The molecule has 148 valence electrons. The fourth-order valence-electron chi connectivity index (χ4n) is 2.84. The van der Waals surface area contributed by atoms with Crippen molar-refractivity contribution in [1.29, 1.82) is 0 Å². The average Bonchev–Trinajstić information content (AvgIpc) is 2.75.